The highest BCUT2D eigenvalue weighted by Gasteiger charge is 2.31. The molecule has 10 heteroatoms. The molecule has 2 amide bonds. The van der Waals surface area contributed by atoms with E-state index in [1.54, 1.807) is 26.8 Å². The molecule has 0 unspecified atom stereocenters. The Morgan fingerprint density at radius 3 is 2.14 bits per heavy atom. The summed E-state index contributed by atoms with van der Waals surface area (Å²) in [6.07, 6.45) is 1.16. The number of piperazine rings is 1. The summed E-state index contributed by atoms with van der Waals surface area (Å²) in [7, 11) is 1.35. The Hall–Kier alpha value is -5.01. The van der Waals surface area contributed by atoms with Gasteiger partial charge in [0.05, 0.1) is 19.2 Å². The predicted octanol–water partition coefficient (Wildman–Crippen LogP) is 6.13. The van der Waals surface area contributed by atoms with Gasteiger partial charge in [0.15, 0.2) is 0 Å². The molecule has 268 valence electrons. The second-order valence-corrected chi connectivity index (χ2v) is 14.4. The van der Waals surface area contributed by atoms with Crippen molar-refractivity contribution in [2.45, 2.75) is 45.1 Å². The molecule has 0 radical (unpaired) electrons. The van der Waals surface area contributed by atoms with Crippen LogP contribution in [-0.2, 0) is 14.2 Å². The van der Waals surface area contributed by atoms with Gasteiger partial charge in [-0.15, -0.1) is 0 Å². The molecule has 6 rings (SSSR count). The normalized spacial score (nSPS) is 16.4. The van der Waals surface area contributed by atoms with E-state index in [1.807, 2.05) is 17.0 Å². The number of alkyl carbamates (subject to hydrolysis) is 1. The van der Waals surface area contributed by atoms with Crippen molar-refractivity contribution in [2.24, 2.45) is 5.92 Å². The van der Waals surface area contributed by atoms with E-state index in [0.717, 1.165) is 51.3 Å². The topological polar surface area (TPSA) is 101 Å². The number of carbonyl (C=O) groups is 3. The molecule has 0 bridgehead atoms. The molecule has 51 heavy (non-hydrogen) atoms. The monoisotopic (exact) mass is 692 g/mol. The van der Waals surface area contributed by atoms with Gasteiger partial charge in [-0.2, -0.15) is 0 Å². The molecular formula is C41H48N4O6. The minimum absolute atomic E-state index is 0.0657. The first-order valence-corrected chi connectivity index (χ1v) is 17.8. The smallest absolute Gasteiger partial charge is 0.409 e. The van der Waals surface area contributed by atoms with Crippen LogP contribution in [0, 0.1) is 17.8 Å². The van der Waals surface area contributed by atoms with Crippen LogP contribution < -0.4 is 10.2 Å². The van der Waals surface area contributed by atoms with Crippen molar-refractivity contribution in [2.75, 3.05) is 71.0 Å². The van der Waals surface area contributed by atoms with Gasteiger partial charge < -0.3 is 29.3 Å². The van der Waals surface area contributed by atoms with Crippen molar-refractivity contribution in [1.29, 1.82) is 0 Å². The number of ether oxygens (including phenoxy) is 3. The minimum atomic E-state index is -0.598. The van der Waals surface area contributed by atoms with Crippen molar-refractivity contribution in [3.63, 3.8) is 0 Å². The molecule has 10 nitrogen and oxygen atoms in total. The summed E-state index contributed by atoms with van der Waals surface area (Å²) in [5.41, 5.74) is 6.23. The number of piperidine rings is 1. The maximum absolute atomic E-state index is 13.1. The maximum Gasteiger partial charge on any atom is 0.409 e. The Balaban J connectivity index is 0.960. The lowest BCUT2D eigenvalue weighted by Gasteiger charge is -2.39. The number of anilines is 1. The molecule has 2 saturated heterocycles. The van der Waals surface area contributed by atoms with Crippen LogP contribution in [0.15, 0.2) is 66.7 Å². The van der Waals surface area contributed by atoms with E-state index >= 15 is 0 Å². The van der Waals surface area contributed by atoms with Crippen molar-refractivity contribution in [1.82, 2.24) is 15.1 Å². The molecule has 2 aliphatic heterocycles. The summed E-state index contributed by atoms with van der Waals surface area (Å²) in [5.74, 6) is 6.10. The highest BCUT2D eigenvalue weighted by Crippen LogP contribution is 2.44. The second-order valence-electron chi connectivity index (χ2n) is 14.4. The number of esters is 1. The Labute approximate surface area is 301 Å². The fraction of sp³-hybridized carbons (Fsp3) is 0.439. The van der Waals surface area contributed by atoms with Crippen molar-refractivity contribution < 1.29 is 28.6 Å². The Morgan fingerprint density at radius 1 is 0.863 bits per heavy atom. The van der Waals surface area contributed by atoms with Crippen LogP contribution in [0.3, 0.4) is 0 Å². The van der Waals surface area contributed by atoms with E-state index in [0.29, 0.717) is 36.7 Å². The number of hydrogen-bond donors (Lipinski definition) is 1. The van der Waals surface area contributed by atoms with E-state index in [9.17, 15) is 14.4 Å². The third-order valence-corrected chi connectivity index (χ3v) is 9.81. The van der Waals surface area contributed by atoms with Gasteiger partial charge in [-0.05, 0) is 80.0 Å². The summed E-state index contributed by atoms with van der Waals surface area (Å²) in [6, 6.07) is 22.4. The number of amides is 2. The number of benzene rings is 3. The predicted molar refractivity (Wildman–Crippen MR) is 197 cm³/mol. The van der Waals surface area contributed by atoms with Gasteiger partial charge in [-0.3, -0.25) is 4.90 Å². The van der Waals surface area contributed by atoms with Gasteiger partial charge in [0, 0.05) is 63.0 Å². The Bertz CT molecular complexity index is 1750. The number of likely N-dealkylation sites (tertiary alicyclic amines) is 1. The van der Waals surface area contributed by atoms with Crippen LogP contribution in [0.4, 0.5) is 15.3 Å². The molecule has 3 aromatic rings. The molecule has 2 fully saturated rings. The molecule has 0 aromatic heterocycles. The van der Waals surface area contributed by atoms with Crippen molar-refractivity contribution >= 4 is 23.8 Å². The fourth-order valence-electron chi connectivity index (χ4n) is 7.23. The highest BCUT2D eigenvalue weighted by molar-refractivity contribution is 5.93. The third kappa shape index (κ3) is 8.84. The summed E-state index contributed by atoms with van der Waals surface area (Å²) < 4.78 is 16.2. The van der Waals surface area contributed by atoms with Gasteiger partial charge in [0.2, 0.25) is 0 Å². The molecule has 3 aliphatic rings. The lowest BCUT2D eigenvalue weighted by molar-refractivity contribution is 0.0533. The largest absolute Gasteiger partial charge is 0.465 e. The molecule has 0 atom stereocenters. The molecular weight excluding hydrogens is 644 g/mol. The van der Waals surface area contributed by atoms with Crippen LogP contribution in [0.2, 0.25) is 0 Å². The van der Waals surface area contributed by atoms with Crippen LogP contribution in [0.1, 0.15) is 66.6 Å². The number of nitrogens with one attached hydrogen (secondary N) is 1. The summed E-state index contributed by atoms with van der Waals surface area (Å²) in [5, 5.41) is 2.63. The molecule has 1 N–H and O–H groups in total. The zero-order valence-corrected chi connectivity index (χ0v) is 30.1. The second kappa shape index (κ2) is 15.9. The van der Waals surface area contributed by atoms with Gasteiger partial charge in [-0.25, -0.2) is 14.4 Å². The van der Waals surface area contributed by atoms with Crippen LogP contribution in [0.5, 0.6) is 0 Å². The summed E-state index contributed by atoms with van der Waals surface area (Å²) in [4.78, 5) is 44.2. The maximum atomic E-state index is 13.1. The molecule has 0 saturated carbocycles. The number of fused-ring (bicyclic) bond motifs is 3. The molecule has 2 heterocycles. The SMILES string of the molecule is COC(=O)c1ccc(N2CCN(CC3CCN(C(=O)OCC4c5ccccc5-c5ccccc54)CC3)CC2)cc1C#CCNC(=O)OC(C)(C)C. The molecule has 0 spiro atoms. The first-order chi connectivity index (χ1) is 24.6. The summed E-state index contributed by atoms with van der Waals surface area (Å²) in [6.45, 7) is 11.8. The standard InChI is InChI=1S/C41H48N4O6/c1-41(2,3)51-39(47)42-19-9-10-30-26-31(15-16-32(30)38(46)49-4)44-24-22-43(23-25-44)27-29-17-20-45(21-18-29)40(48)50-28-37-35-13-7-5-11-33(35)34-12-6-8-14-36(34)37/h5-8,11-16,26,29,37H,17-25,27-28H2,1-4H3,(H,42,47). The van der Waals surface area contributed by atoms with Gasteiger partial charge in [-0.1, -0.05) is 60.4 Å². The molecule has 1 aliphatic carbocycles. The van der Waals surface area contributed by atoms with Gasteiger partial charge >= 0.3 is 18.2 Å². The van der Waals surface area contributed by atoms with E-state index in [-0.39, 0.29) is 18.6 Å². The highest BCUT2D eigenvalue weighted by atomic mass is 16.6. The Morgan fingerprint density at radius 2 is 1.51 bits per heavy atom. The zero-order valence-electron chi connectivity index (χ0n) is 30.1. The third-order valence-electron chi connectivity index (χ3n) is 9.81. The number of rotatable bonds is 7. The van der Waals surface area contributed by atoms with E-state index in [4.69, 9.17) is 14.2 Å². The van der Waals surface area contributed by atoms with Crippen LogP contribution in [-0.4, -0.2) is 99.6 Å². The van der Waals surface area contributed by atoms with Gasteiger partial charge in [0.25, 0.3) is 0 Å². The number of carbonyl (C=O) groups excluding carboxylic acids is 3. The lowest BCUT2D eigenvalue weighted by Crippen LogP contribution is -2.49. The average molecular weight is 693 g/mol. The first-order valence-electron chi connectivity index (χ1n) is 17.8. The van der Waals surface area contributed by atoms with Crippen LogP contribution >= 0.6 is 0 Å². The summed E-state index contributed by atoms with van der Waals surface area (Å²) >= 11 is 0. The van der Waals surface area contributed by atoms with Gasteiger partial charge in [0.1, 0.15) is 12.2 Å². The van der Waals surface area contributed by atoms with E-state index in [2.05, 4.69) is 75.5 Å². The number of nitrogens with zero attached hydrogens (tertiary/aromatic N) is 3. The molecule has 3 aromatic carbocycles. The fourth-order valence-corrected chi connectivity index (χ4v) is 7.23. The van der Waals surface area contributed by atoms with Crippen molar-refractivity contribution in [3.05, 3.63) is 89.0 Å². The quantitative estimate of drug-likeness (QED) is 0.179. The van der Waals surface area contributed by atoms with Crippen LogP contribution in [0.25, 0.3) is 11.1 Å². The van der Waals surface area contributed by atoms with E-state index < -0.39 is 17.7 Å². The zero-order chi connectivity index (χ0) is 36.0. The average Bonchev–Trinajstić information content (AvgIpc) is 3.45. The van der Waals surface area contributed by atoms with Crippen molar-refractivity contribution in [3.8, 4) is 23.0 Å². The number of hydrogen-bond acceptors (Lipinski definition) is 8. The minimum Gasteiger partial charge on any atom is -0.465 e. The van der Waals surface area contributed by atoms with E-state index in [1.165, 1.54) is 29.4 Å². The number of methoxy groups -OCH3 is 1. The Kier molecular flexibility index (Phi) is 11.2. The first kappa shape index (κ1) is 35.8. The lowest BCUT2D eigenvalue weighted by atomic mass is 9.96.